The second-order valence-corrected chi connectivity index (χ2v) is 6.55. The van der Waals surface area contributed by atoms with Crippen molar-refractivity contribution in [1.29, 1.82) is 0 Å². The van der Waals surface area contributed by atoms with Gasteiger partial charge in [0.1, 0.15) is 5.82 Å². The Morgan fingerprint density at radius 1 is 1.24 bits per heavy atom. The quantitative estimate of drug-likeness (QED) is 0.818. The molecule has 0 radical (unpaired) electrons. The van der Waals surface area contributed by atoms with Crippen molar-refractivity contribution in [3.8, 4) is 0 Å². The van der Waals surface area contributed by atoms with E-state index in [-0.39, 0.29) is 11.4 Å². The zero-order valence-electron chi connectivity index (χ0n) is 13.4. The molecule has 0 heterocycles. The molecule has 1 fully saturated rings. The number of anilines is 1. The highest BCUT2D eigenvalue weighted by molar-refractivity contribution is 5.48. The highest BCUT2D eigenvalue weighted by Crippen LogP contribution is 2.37. The molecule has 2 rings (SSSR count). The van der Waals surface area contributed by atoms with Crippen LogP contribution >= 0.6 is 0 Å². The lowest BCUT2D eigenvalue weighted by Gasteiger charge is -2.42. The summed E-state index contributed by atoms with van der Waals surface area (Å²) in [5, 5.41) is 0. The van der Waals surface area contributed by atoms with Crippen molar-refractivity contribution < 1.29 is 4.39 Å². The lowest BCUT2D eigenvalue weighted by Crippen LogP contribution is -2.52. The van der Waals surface area contributed by atoms with Crippen LogP contribution in [0.2, 0.25) is 0 Å². The molecule has 2 unspecified atom stereocenters. The molecule has 118 valence electrons. The molecule has 21 heavy (non-hydrogen) atoms. The molecule has 0 aromatic heterocycles. The Balaban J connectivity index is 2.14. The summed E-state index contributed by atoms with van der Waals surface area (Å²) < 4.78 is 13.1. The van der Waals surface area contributed by atoms with Crippen molar-refractivity contribution >= 4 is 5.69 Å². The van der Waals surface area contributed by atoms with Crippen LogP contribution < -0.4 is 10.6 Å². The van der Waals surface area contributed by atoms with Gasteiger partial charge in [0, 0.05) is 19.3 Å². The lowest BCUT2D eigenvalue weighted by atomic mass is 9.87. The number of hydrogen-bond acceptors (Lipinski definition) is 2. The zero-order valence-corrected chi connectivity index (χ0v) is 13.4. The van der Waals surface area contributed by atoms with Gasteiger partial charge in [-0.2, -0.15) is 0 Å². The van der Waals surface area contributed by atoms with Crippen molar-refractivity contribution in [3.05, 3.63) is 30.1 Å². The number of hydrogen-bond donors (Lipinski definition) is 1. The number of nitrogens with zero attached hydrogens (tertiary/aromatic N) is 1. The van der Waals surface area contributed by atoms with Crippen molar-refractivity contribution in [2.45, 2.75) is 57.4 Å². The fourth-order valence-electron chi connectivity index (χ4n) is 3.77. The van der Waals surface area contributed by atoms with Crippen LogP contribution in [-0.4, -0.2) is 19.1 Å². The van der Waals surface area contributed by atoms with Gasteiger partial charge in [0.25, 0.3) is 0 Å². The second kappa shape index (κ2) is 7.26. The number of likely N-dealkylation sites (N-methyl/N-ethyl adjacent to an activating group) is 1. The zero-order chi connectivity index (χ0) is 15.3. The second-order valence-electron chi connectivity index (χ2n) is 6.55. The highest BCUT2D eigenvalue weighted by atomic mass is 19.1. The van der Waals surface area contributed by atoms with Crippen LogP contribution in [0.1, 0.15) is 51.9 Å². The first kappa shape index (κ1) is 16.3. The molecule has 3 heteroatoms. The smallest absolute Gasteiger partial charge is 0.123 e. The Morgan fingerprint density at radius 3 is 2.57 bits per heavy atom. The monoisotopic (exact) mass is 292 g/mol. The van der Waals surface area contributed by atoms with E-state index in [1.807, 2.05) is 12.1 Å². The summed E-state index contributed by atoms with van der Waals surface area (Å²) >= 11 is 0. The number of rotatable bonds is 5. The van der Waals surface area contributed by atoms with E-state index in [9.17, 15) is 4.39 Å². The third kappa shape index (κ3) is 3.76. The first-order chi connectivity index (χ1) is 10.1. The van der Waals surface area contributed by atoms with Gasteiger partial charge in [-0.25, -0.2) is 4.39 Å². The molecule has 1 aromatic carbocycles. The van der Waals surface area contributed by atoms with Crippen LogP contribution in [0.5, 0.6) is 0 Å². The van der Waals surface area contributed by atoms with E-state index < -0.39 is 0 Å². The molecule has 0 aliphatic heterocycles. The lowest BCUT2D eigenvalue weighted by molar-refractivity contribution is 0.350. The molecule has 0 amide bonds. The van der Waals surface area contributed by atoms with Gasteiger partial charge in [0.05, 0.1) is 5.54 Å². The minimum atomic E-state index is -0.183. The summed E-state index contributed by atoms with van der Waals surface area (Å²) in [7, 11) is 2.11. The maximum absolute atomic E-state index is 13.1. The molecule has 0 spiro atoms. The maximum atomic E-state index is 13.1. The molecular weight excluding hydrogens is 263 g/mol. The van der Waals surface area contributed by atoms with Crippen molar-refractivity contribution in [3.63, 3.8) is 0 Å². The summed E-state index contributed by atoms with van der Waals surface area (Å²) in [6.45, 7) is 2.94. The topological polar surface area (TPSA) is 29.3 Å². The fraction of sp³-hybridized carbons (Fsp3) is 0.667. The fourth-order valence-corrected chi connectivity index (χ4v) is 3.77. The molecule has 0 bridgehead atoms. The van der Waals surface area contributed by atoms with Gasteiger partial charge >= 0.3 is 0 Å². The maximum Gasteiger partial charge on any atom is 0.123 e. The van der Waals surface area contributed by atoms with Gasteiger partial charge in [0.15, 0.2) is 0 Å². The molecule has 1 aliphatic carbocycles. The van der Waals surface area contributed by atoms with Gasteiger partial charge in [-0.1, -0.05) is 32.6 Å². The number of halogens is 1. The van der Waals surface area contributed by atoms with Crippen molar-refractivity contribution in [2.24, 2.45) is 11.7 Å². The predicted molar refractivity (Wildman–Crippen MR) is 88.1 cm³/mol. The molecule has 2 nitrogen and oxygen atoms in total. The van der Waals surface area contributed by atoms with Gasteiger partial charge in [-0.15, -0.1) is 0 Å². The van der Waals surface area contributed by atoms with Crippen LogP contribution in [0.15, 0.2) is 24.3 Å². The van der Waals surface area contributed by atoms with E-state index in [4.69, 9.17) is 5.73 Å². The first-order valence-corrected chi connectivity index (χ1v) is 8.31. The Hall–Kier alpha value is -1.09. The molecule has 1 aromatic rings. The average molecular weight is 292 g/mol. The molecule has 1 saturated carbocycles. The van der Waals surface area contributed by atoms with Gasteiger partial charge in [-0.05, 0) is 49.4 Å². The average Bonchev–Trinajstić information content (AvgIpc) is 2.71. The van der Waals surface area contributed by atoms with Crippen molar-refractivity contribution in [1.82, 2.24) is 0 Å². The van der Waals surface area contributed by atoms with E-state index >= 15 is 0 Å². The summed E-state index contributed by atoms with van der Waals surface area (Å²) in [6.07, 6.45) is 8.71. The predicted octanol–water partition coefficient (Wildman–Crippen LogP) is 4.34. The standard InChI is InChI=1S/C18H29FN2/c1-3-5-15-6-4-12-18(14-20,13-11-15)21(2)17-9-7-16(19)8-10-17/h7-10,15H,3-6,11-14,20H2,1-2H3. The van der Waals surface area contributed by atoms with E-state index in [1.54, 1.807) is 0 Å². The first-order valence-electron chi connectivity index (χ1n) is 8.31. The van der Waals surface area contributed by atoms with Crippen LogP contribution in [0.25, 0.3) is 0 Å². The Labute approximate surface area is 128 Å². The normalized spacial score (nSPS) is 26.4. The summed E-state index contributed by atoms with van der Waals surface area (Å²) in [6, 6.07) is 6.79. The van der Waals surface area contributed by atoms with Gasteiger partial charge < -0.3 is 10.6 Å². The van der Waals surface area contributed by atoms with E-state index in [1.165, 1.54) is 44.2 Å². The summed E-state index contributed by atoms with van der Waals surface area (Å²) in [4.78, 5) is 2.29. The summed E-state index contributed by atoms with van der Waals surface area (Å²) in [5.74, 6) is 0.669. The largest absolute Gasteiger partial charge is 0.368 e. The van der Waals surface area contributed by atoms with Gasteiger partial charge in [0.2, 0.25) is 0 Å². The van der Waals surface area contributed by atoms with E-state index in [0.717, 1.165) is 24.4 Å². The van der Waals surface area contributed by atoms with Crippen LogP contribution in [0, 0.1) is 11.7 Å². The third-order valence-corrected chi connectivity index (χ3v) is 5.27. The number of benzene rings is 1. The molecule has 2 atom stereocenters. The Kier molecular flexibility index (Phi) is 5.63. The molecule has 0 saturated heterocycles. The summed E-state index contributed by atoms with van der Waals surface area (Å²) in [5.41, 5.74) is 7.27. The van der Waals surface area contributed by atoms with Gasteiger partial charge in [-0.3, -0.25) is 0 Å². The minimum absolute atomic E-state index is 0.0281. The van der Waals surface area contributed by atoms with E-state index in [2.05, 4.69) is 18.9 Å². The third-order valence-electron chi connectivity index (χ3n) is 5.27. The van der Waals surface area contributed by atoms with E-state index in [0.29, 0.717) is 6.54 Å². The number of nitrogens with two attached hydrogens (primary N) is 1. The Bertz CT molecular complexity index is 431. The minimum Gasteiger partial charge on any atom is -0.368 e. The highest BCUT2D eigenvalue weighted by Gasteiger charge is 2.35. The van der Waals surface area contributed by atoms with Crippen LogP contribution in [0.4, 0.5) is 10.1 Å². The van der Waals surface area contributed by atoms with Crippen molar-refractivity contribution in [2.75, 3.05) is 18.5 Å². The SMILES string of the molecule is CCCC1CCCC(CN)(N(C)c2ccc(F)cc2)CC1. The van der Waals surface area contributed by atoms with Crippen LogP contribution in [-0.2, 0) is 0 Å². The molecule has 2 N–H and O–H groups in total. The molecule has 1 aliphatic rings. The van der Waals surface area contributed by atoms with Crippen LogP contribution in [0.3, 0.4) is 0 Å². The molecular formula is C18H29FN2. The Morgan fingerprint density at radius 2 is 1.95 bits per heavy atom.